The van der Waals surface area contributed by atoms with Crippen LogP contribution in [-0.4, -0.2) is 18.1 Å². The molecule has 0 bridgehead atoms. The van der Waals surface area contributed by atoms with Crippen LogP contribution in [0.3, 0.4) is 0 Å². The maximum Gasteiger partial charge on any atom is 0.0615 e. The summed E-state index contributed by atoms with van der Waals surface area (Å²) in [5, 5.41) is 0.198. The molecule has 1 aliphatic heterocycles. The second-order valence-electron chi connectivity index (χ2n) is 4.98. The fourth-order valence-corrected chi connectivity index (χ4v) is 3.18. The lowest BCUT2D eigenvalue weighted by molar-refractivity contribution is 0.0865. The van der Waals surface area contributed by atoms with E-state index in [0.29, 0.717) is 12.0 Å². The molecule has 0 amide bonds. The number of halogens is 1. The Kier molecular flexibility index (Phi) is 4.47. The standard InChI is InChI=1S/C15H21ClO/c1-3-15-13(7-8-17-15)14(16)10-12-6-4-5-11(2)9-12/h4-6,9,13-15H,3,7-8,10H2,1-2H3. The minimum Gasteiger partial charge on any atom is -0.378 e. The summed E-state index contributed by atoms with van der Waals surface area (Å²) in [6, 6.07) is 8.63. The molecule has 1 aliphatic rings. The van der Waals surface area contributed by atoms with Crippen molar-refractivity contribution in [3.05, 3.63) is 35.4 Å². The Morgan fingerprint density at radius 2 is 2.29 bits per heavy atom. The van der Waals surface area contributed by atoms with E-state index in [4.69, 9.17) is 16.3 Å². The van der Waals surface area contributed by atoms with Gasteiger partial charge in [0, 0.05) is 17.9 Å². The maximum absolute atomic E-state index is 6.57. The minimum absolute atomic E-state index is 0.198. The highest BCUT2D eigenvalue weighted by atomic mass is 35.5. The molecule has 0 aliphatic carbocycles. The Labute approximate surface area is 109 Å². The summed E-state index contributed by atoms with van der Waals surface area (Å²) < 4.78 is 5.71. The first kappa shape index (κ1) is 12.9. The molecule has 1 aromatic rings. The number of hydrogen-bond acceptors (Lipinski definition) is 1. The Balaban J connectivity index is 1.99. The first-order chi connectivity index (χ1) is 8.20. The monoisotopic (exact) mass is 252 g/mol. The summed E-state index contributed by atoms with van der Waals surface area (Å²) in [4.78, 5) is 0. The summed E-state index contributed by atoms with van der Waals surface area (Å²) in [6.07, 6.45) is 3.50. The molecule has 1 aromatic carbocycles. The molecule has 1 heterocycles. The molecule has 1 nitrogen and oxygen atoms in total. The predicted octanol–water partition coefficient (Wildman–Crippen LogP) is 3.96. The van der Waals surface area contributed by atoms with Gasteiger partial charge in [-0.05, 0) is 31.7 Å². The van der Waals surface area contributed by atoms with Crippen LogP contribution >= 0.6 is 11.6 Å². The van der Waals surface area contributed by atoms with Gasteiger partial charge in [-0.15, -0.1) is 11.6 Å². The first-order valence-electron chi connectivity index (χ1n) is 6.52. The van der Waals surface area contributed by atoms with Gasteiger partial charge < -0.3 is 4.74 Å². The number of alkyl halides is 1. The van der Waals surface area contributed by atoms with Crippen molar-refractivity contribution in [3.8, 4) is 0 Å². The summed E-state index contributed by atoms with van der Waals surface area (Å²) in [7, 11) is 0. The van der Waals surface area contributed by atoms with Gasteiger partial charge in [0.2, 0.25) is 0 Å². The number of benzene rings is 1. The van der Waals surface area contributed by atoms with E-state index in [-0.39, 0.29) is 5.38 Å². The zero-order valence-corrected chi connectivity index (χ0v) is 11.4. The van der Waals surface area contributed by atoms with Crippen LogP contribution in [0.25, 0.3) is 0 Å². The molecule has 94 valence electrons. The van der Waals surface area contributed by atoms with Crippen molar-refractivity contribution in [1.82, 2.24) is 0 Å². The van der Waals surface area contributed by atoms with E-state index in [9.17, 15) is 0 Å². The average Bonchev–Trinajstić information content (AvgIpc) is 2.77. The van der Waals surface area contributed by atoms with Crippen LogP contribution < -0.4 is 0 Å². The van der Waals surface area contributed by atoms with E-state index in [0.717, 1.165) is 25.9 Å². The first-order valence-corrected chi connectivity index (χ1v) is 6.95. The molecular weight excluding hydrogens is 232 g/mol. The molecule has 0 saturated carbocycles. The molecule has 1 fully saturated rings. The average molecular weight is 253 g/mol. The highest BCUT2D eigenvalue weighted by Gasteiger charge is 2.32. The van der Waals surface area contributed by atoms with Crippen molar-refractivity contribution in [1.29, 1.82) is 0 Å². The lowest BCUT2D eigenvalue weighted by atomic mass is 9.91. The zero-order chi connectivity index (χ0) is 12.3. The highest BCUT2D eigenvalue weighted by molar-refractivity contribution is 6.21. The van der Waals surface area contributed by atoms with Crippen LogP contribution in [0.2, 0.25) is 0 Å². The molecule has 0 radical (unpaired) electrons. The number of hydrogen-bond donors (Lipinski definition) is 0. The topological polar surface area (TPSA) is 9.23 Å². The molecule has 0 spiro atoms. The van der Waals surface area contributed by atoms with Gasteiger partial charge in [0.05, 0.1) is 6.10 Å². The molecule has 17 heavy (non-hydrogen) atoms. The predicted molar refractivity (Wildman–Crippen MR) is 72.7 cm³/mol. The largest absolute Gasteiger partial charge is 0.378 e. The van der Waals surface area contributed by atoms with Crippen LogP contribution in [0, 0.1) is 12.8 Å². The van der Waals surface area contributed by atoms with Crippen LogP contribution in [-0.2, 0) is 11.2 Å². The third kappa shape index (κ3) is 3.23. The summed E-state index contributed by atoms with van der Waals surface area (Å²) in [5.74, 6) is 0.516. The Morgan fingerprint density at radius 1 is 1.47 bits per heavy atom. The van der Waals surface area contributed by atoms with Crippen molar-refractivity contribution in [3.63, 3.8) is 0 Å². The summed E-state index contributed by atoms with van der Waals surface area (Å²) >= 11 is 6.57. The Hall–Kier alpha value is -0.530. The molecule has 1 saturated heterocycles. The van der Waals surface area contributed by atoms with E-state index in [1.807, 2.05) is 0 Å². The van der Waals surface area contributed by atoms with Crippen LogP contribution in [0.1, 0.15) is 30.9 Å². The molecule has 3 atom stereocenters. The fraction of sp³-hybridized carbons (Fsp3) is 0.600. The van der Waals surface area contributed by atoms with E-state index in [2.05, 4.69) is 38.1 Å². The number of ether oxygens (including phenoxy) is 1. The van der Waals surface area contributed by atoms with Gasteiger partial charge >= 0.3 is 0 Å². The van der Waals surface area contributed by atoms with Crippen LogP contribution in [0.15, 0.2) is 24.3 Å². The summed E-state index contributed by atoms with van der Waals surface area (Å²) in [5.41, 5.74) is 2.65. The van der Waals surface area contributed by atoms with Crippen molar-refractivity contribution in [2.45, 2.75) is 44.6 Å². The van der Waals surface area contributed by atoms with Crippen LogP contribution in [0.5, 0.6) is 0 Å². The van der Waals surface area contributed by atoms with Gasteiger partial charge in [-0.3, -0.25) is 0 Å². The second kappa shape index (κ2) is 5.88. The lowest BCUT2D eigenvalue weighted by Gasteiger charge is -2.22. The Morgan fingerprint density at radius 3 is 3.00 bits per heavy atom. The van der Waals surface area contributed by atoms with E-state index in [1.54, 1.807) is 0 Å². The second-order valence-corrected chi connectivity index (χ2v) is 5.54. The minimum atomic E-state index is 0.198. The van der Waals surface area contributed by atoms with Gasteiger partial charge in [-0.2, -0.15) is 0 Å². The van der Waals surface area contributed by atoms with E-state index >= 15 is 0 Å². The molecule has 2 rings (SSSR count). The molecule has 0 N–H and O–H groups in total. The van der Waals surface area contributed by atoms with Gasteiger partial charge in [-0.1, -0.05) is 36.8 Å². The van der Waals surface area contributed by atoms with Gasteiger partial charge in [-0.25, -0.2) is 0 Å². The third-order valence-electron chi connectivity index (χ3n) is 3.64. The SMILES string of the molecule is CCC1OCCC1C(Cl)Cc1cccc(C)c1. The van der Waals surface area contributed by atoms with Gasteiger partial charge in [0.25, 0.3) is 0 Å². The number of aryl methyl sites for hydroxylation is 1. The molecule has 3 unspecified atom stereocenters. The van der Waals surface area contributed by atoms with E-state index in [1.165, 1.54) is 11.1 Å². The molecule has 2 heteroatoms. The number of rotatable bonds is 4. The van der Waals surface area contributed by atoms with Crippen LogP contribution in [0.4, 0.5) is 0 Å². The van der Waals surface area contributed by atoms with Crippen molar-refractivity contribution >= 4 is 11.6 Å². The molecular formula is C15H21ClO. The Bertz CT molecular complexity index is 364. The zero-order valence-electron chi connectivity index (χ0n) is 10.7. The smallest absolute Gasteiger partial charge is 0.0615 e. The highest BCUT2D eigenvalue weighted by Crippen LogP contribution is 2.31. The maximum atomic E-state index is 6.57. The fourth-order valence-electron chi connectivity index (χ4n) is 2.72. The quantitative estimate of drug-likeness (QED) is 0.737. The molecule has 0 aromatic heterocycles. The van der Waals surface area contributed by atoms with Crippen molar-refractivity contribution < 1.29 is 4.74 Å². The lowest BCUT2D eigenvalue weighted by Crippen LogP contribution is -2.25. The van der Waals surface area contributed by atoms with E-state index < -0.39 is 0 Å². The normalized spacial score (nSPS) is 26.1. The van der Waals surface area contributed by atoms with Crippen molar-refractivity contribution in [2.24, 2.45) is 5.92 Å². The van der Waals surface area contributed by atoms with Crippen molar-refractivity contribution in [2.75, 3.05) is 6.61 Å². The third-order valence-corrected chi connectivity index (χ3v) is 4.12. The summed E-state index contributed by atoms with van der Waals surface area (Å²) in [6.45, 7) is 5.18. The van der Waals surface area contributed by atoms with Gasteiger partial charge in [0.1, 0.15) is 0 Å². The van der Waals surface area contributed by atoms with Gasteiger partial charge in [0.15, 0.2) is 0 Å².